The van der Waals surface area contributed by atoms with Crippen molar-refractivity contribution >= 4 is 17.8 Å². The smallest absolute Gasteiger partial charge is 0.322 e. The van der Waals surface area contributed by atoms with Crippen LogP contribution in [0.5, 0.6) is 0 Å². The Hall–Kier alpha value is -2.71. The van der Waals surface area contributed by atoms with E-state index in [9.17, 15) is 19.2 Å². The summed E-state index contributed by atoms with van der Waals surface area (Å²) in [5.41, 5.74) is 1.16. The maximum atomic E-state index is 12.8. The summed E-state index contributed by atoms with van der Waals surface area (Å²) in [6, 6.07) is -1.39. The molecule has 3 heterocycles. The fourth-order valence-corrected chi connectivity index (χ4v) is 3.51. The molecule has 2 aliphatic heterocycles. The topological polar surface area (TPSA) is 124 Å². The summed E-state index contributed by atoms with van der Waals surface area (Å²) < 4.78 is 0. The first kappa shape index (κ1) is 16.7. The van der Waals surface area contributed by atoms with Gasteiger partial charge in [0.05, 0.1) is 12.2 Å². The van der Waals surface area contributed by atoms with E-state index in [4.69, 9.17) is 0 Å². The molecule has 0 radical (unpaired) electrons. The number of amides is 4. The summed E-state index contributed by atoms with van der Waals surface area (Å²) in [6.45, 7) is 0.649. The maximum absolute atomic E-state index is 12.8. The van der Waals surface area contributed by atoms with E-state index in [1.54, 1.807) is 4.90 Å². The number of nitrogens with zero attached hydrogens (tertiary/aromatic N) is 2. The van der Waals surface area contributed by atoms with E-state index in [0.717, 1.165) is 6.42 Å². The first-order valence-electron chi connectivity index (χ1n) is 8.99. The SMILES string of the molecule is O=C1CCC(C(=O)N2CCc3c(nc(CC4CC4)[nH]c3=O)C2)NC(=O)N1. The second-order valence-electron chi connectivity index (χ2n) is 7.21. The van der Waals surface area contributed by atoms with Gasteiger partial charge in [0.2, 0.25) is 11.8 Å². The summed E-state index contributed by atoms with van der Waals surface area (Å²) >= 11 is 0. The van der Waals surface area contributed by atoms with Crippen molar-refractivity contribution in [3.05, 3.63) is 27.4 Å². The number of urea groups is 1. The Labute approximate surface area is 149 Å². The van der Waals surface area contributed by atoms with Gasteiger partial charge in [0.1, 0.15) is 11.9 Å². The highest BCUT2D eigenvalue weighted by Crippen LogP contribution is 2.31. The van der Waals surface area contributed by atoms with E-state index in [1.807, 2.05) is 0 Å². The molecule has 0 bridgehead atoms. The Morgan fingerprint density at radius 3 is 2.73 bits per heavy atom. The number of aromatic amines is 1. The van der Waals surface area contributed by atoms with Gasteiger partial charge in [-0.05, 0) is 31.6 Å². The molecule has 1 unspecified atom stereocenters. The van der Waals surface area contributed by atoms with Gasteiger partial charge < -0.3 is 15.2 Å². The van der Waals surface area contributed by atoms with Gasteiger partial charge in [-0.2, -0.15) is 0 Å². The summed E-state index contributed by atoms with van der Waals surface area (Å²) in [5.74, 6) is 0.651. The van der Waals surface area contributed by atoms with Crippen LogP contribution in [0.4, 0.5) is 4.79 Å². The summed E-state index contributed by atoms with van der Waals surface area (Å²) in [5, 5.41) is 4.70. The van der Waals surface area contributed by atoms with Gasteiger partial charge in [-0.1, -0.05) is 0 Å². The molecule has 138 valence electrons. The maximum Gasteiger partial charge on any atom is 0.322 e. The molecule has 26 heavy (non-hydrogen) atoms. The Morgan fingerprint density at radius 1 is 1.15 bits per heavy atom. The second-order valence-corrected chi connectivity index (χ2v) is 7.21. The van der Waals surface area contributed by atoms with Crippen molar-refractivity contribution in [2.75, 3.05) is 6.54 Å². The lowest BCUT2D eigenvalue weighted by molar-refractivity contribution is -0.134. The first-order valence-corrected chi connectivity index (χ1v) is 8.99. The average molecular weight is 359 g/mol. The monoisotopic (exact) mass is 359 g/mol. The Kier molecular flexibility index (Phi) is 4.21. The van der Waals surface area contributed by atoms with Gasteiger partial charge in [-0.3, -0.25) is 19.7 Å². The molecule has 1 aromatic heterocycles. The van der Waals surface area contributed by atoms with Crippen LogP contribution in [-0.2, 0) is 29.0 Å². The van der Waals surface area contributed by atoms with Crippen molar-refractivity contribution in [1.82, 2.24) is 25.5 Å². The molecule has 1 aliphatic carbocycles. The minimum Gasteiger partial charge on any atom is -0.335 e. The number of nitrogens with one attached hydrogen (secondary N) is 3. The highest BCUT2D eigenvalue weighted by molar-refractivity contribution is 5.98. The van der Waals surface area contributed by atoms with Gasteiger partial charge in [0.15, 0.2) is 0 Å². The van der Waals surface area contributed by atoms with Crippen LogP contribution >= 0.6 is 0 Å². The second kappa shape index (κ2) is 6.54. The molecule has 3 N–H and O–H groups in total. The number of fused-ring (bicyclic) bond motifs is 1. The fraction of sp³-hybridized carbons (Fsp3) is 0.588. The number of carbonyl (C=O) groups excluding carboxylic acids is 3. The van der Waals surface area contributed by atoms with Crippen LogP contribution in [0.2, 0.25) is 0 Å². The van der Waals surface area contributed by atoms with Crippen molar-refractivity contribution in [2.24, 2.45) is 5.92 Å². The highest BCUT2D eigenvalue weighted by Gasteiger charge is 2.32. The number of imide groups is 1. The van der Waals surface area contributed by atoms with Gasteiger partial charge in [-0.15, -0.1) is 0 Å². The number of H-pyrrole nitrogens is 1. The van der Waals surface area contributed by atoms with E-state index < -0.39 is 12.1 Å². The van der Waals surface area contributed by atoms with Crippen LogP contribution in [-0.4, -0.2) is 45.3 Å². The van der Waals surface area contributed by atoms with E-state index >= 15 is 0 Å². The van der Waals surface area contributed by atoms with Crippen LogP contribution in [0.25, 0.3) is 0 Å². The molecule has 9 heteroatoms. The van der Waals surface area contributed by atoms with Gasteiger partial charge in [0.25, 0.3) is 5.56 Å². The van der Waals surface area contributed by atoms with E-state index in [-0.39, 0.29) is 36.8 Å². The largest absolute Gasteiger partial charge is 0.335 e. The number of hydrogen-bond donors (Lipinski definition) is 3. The molecule has 0 spiro atoms. The van der Waals surface area contributed by atoms with Crippen LogP contribution in [0.3, 0.4) is 0 Å². The van der Waals surface area contributed by atoms with E-state index in [0.29, 0.717) is 36.0 Å². The lowest BCUT2D eigenvalue weighted by Gasteiger charge is -2.30. The third kappa shape index (κ3) is 3.47. The summed E-state index contributed by atoms with van der Waals surface area (Å²) in [6.07, 6.45) is 3.91. The predicted molar refractivity (Wildman–Crippen MR) is 90.1 cm³/mol. The lowest BCUT2D eigenvalue weighted by atomic mass is 10.0. The minimum atomic E-state index is -0.740. The predicted octanol–water partition coefficient (Wildman–Crippen LogP) is -0.405. The van der Waals surface area contributed by atoms with Crippen molar-refractivity contribution < 1.29 is 14.4 Å². The van der Waals surface area contributed by atoms with Crippen molar-refractivity contribution in [3.63, 3.8) is 0 Å². The molecule has 9 nitrogen and oxygen atoms in total. The number of hydrogen-bond acceptors (Lipinski definition) is 5. The van der Waals surface area contributed by atoms with E-state index in [2.05, 4.69) is 20.6 Å². The summed E-state index contributed by atoms with van der Waals surface area (Å²) in [7, 11) is 0. The third-order valence-corrected chi connectivity index (χ3v) is 5.13. The third-order valence-electron chi connectivity index (χ3n) is 5.13. The highest BCUT2D eigenvalue weighted by atomic mass is 16.2. The first-order chi connectivity index (χ1) is 12.5. The molecule has 0 aromatic carbocycles. The number of carbonyl (C=O) groups is 3. The van der Waals surface area contributed by atoms with Crippen molar-refractivity contribution in [2.45, 2.75) is 51.1 Å². The molecule has 3 aliphatic rings. The lowest BCUT2D eigenvalue weighted by Crippen LogP contribution is -2.51. The minimum absolute atomic E-state index is 0.114. The van der Waals surface area contributed by atoms with Crippen LogP contribution in [0.15, 0.2) is 4.79 Å². The zero-order valence-corrected chi connectivity index (χ0v) is 14.3. The summed E-state index contributed by atoms with van der Waals surface area (Å²) in [4.78, 5) is 57.2. The number of aromatic nitrogens is 2. The van der Waals surface area contributed by atoms with Crippen LogP contribution in [0.1, 0.15) is 42.8 Å². The van der Waals surface area contributed by atoms with E-state index in [1.165, 1.54) is 12.8 Å². The molecule has 1 aromatic rings. The van der Waals surface area contributed by atoms with Gasteiger partial charge >= 0.3 is 6.03 Å². The normalized spacial score (nSPS) is 22.9. The van der Waals surface area contributed by atoms with Gasteiger partial charge in [-0.25, -0.2) is 9.78 Å². The van der Waals surface area contributed by atoms with Crippen molar-refractivity contribution in [3.8, 4) is 0 Å². The molecule has 1 saturated heterocycles. The molecule has 1 saturated carbocycles. The van der Waals surface area contributed by atoms with Gasteiger partial charge in [0, 0.05) is 24.9 Å². The van der Waals surface area contributed by atoms with Crippen LogP contribution < -0.4 is 16.2 Å². The molecule has 4 rings (SSSR count). The molecular weight excluding hydrogens is 338 g/mol. The Balaban J connectivity index is 1.50. The standard InChI is InChI=1S/C17H21N5O4/c23-14-4-3-11(19-17(26)21-14)16(25)22-6-5-10-12(8-22)18-13(20-15(10)24)7-9-1-2-9/h9,11H,1-8H2,(H,18,20,24)(H2,19,21,23,26). The van der Waals surface area contributed by atoms with Crippen LogP contribution in [0, 0.1) is 5.92 Å². The Bertz CT molecular complexity index is 829. The molecule has 2 fully saturated rings. The Morgan fingerprint density at radius 2 is 1.96 bits per heavy atom. The fourth-order valence-electron chi connectivity index (χ4n) is 3.51. The van der Waals surface area contributed by atoms with Crippen molar-refractivity contribution in [1.29, 1.82) is 0 Å². The molecule has 4 amide bonds. The molecular formula is C17H21N5O4. The quantitative estimate of drug-likeness (QED) is 0.677. The average Bonchev–Trinajstić information content (AvgIpc) is 3.42. The number of rotatable bonds is 3. The zero-order chi connectivity index (χ0) is 18.3. The molecule has 1 atom stereocenters. The zero-order valence-electron chi connectivity index (χ0n) is 14.3.